The Kier molecular flexibility index (Phi) is 7.56. The van der Waals surface area contributed by atoms with Gasteiger partial charge in [-0.25, -0.2) is 17.9 Å². The second-order valence-corrected chi connectivity index (χ2v) is 8.89. The van der Waals surface area contributed by atoms with Crippen LogP contribution >= 0.6 is 0 Å². The van der Waals surface area contributed by atoms with E-state index in [0.717, 1.165) is 19.4 Å². The molecule has 0 aromatic heterocycles. The van der Waals surface area contributed by atoms with Gasteiger partial charge in [0.2, 0.25) is 15.9 Å². The van der Waals surface area contributed by atoms with Gasteiger partial charge in [0.25, 0.3) is 0 Å². The van der Waals surface area contributed by atoms with Gasteiger partial charge in [0.15, 0.2) is 0 Å². The Hall–Kier alpha value is -1.97. The highest BCUT2D eigenvalue weighted by atomic mass is 32.2. The number of methoxy groups -OCH3 is 1. The normalized spacial score (nSPS) is 17.5. The molecule has 8 nitrogen and oxygen atoms in total. The molecule has 1 saturated heterocycles. The van der Waals surface area contributed by atoms with Crippen molar-refractivity contribution in [1.82, 2.24) is 14.5 Å². The number of aryl methyl sites for hydroxylation is 1. The first-order chi connectivity index (χ1) is 13.2. The van der Waals surface area contributed by atoms with Gasteiger partial charge < -0.3 is 9.64 Å². The van der Waals surface area contributed by atoms with Gasteiger partial charge in [0, 0.05) is 27.2 Å². The third-order valence-corrected chi connectivity index (χ3v) is 6.51. The summed E-state index contributed by atoms with van der Waals surface area (Å²) in [5.41, 5.74) is 0.743. The number of benzene rings is 1. The highest BCUT2D eigenvalue weighted by Crippen LogP contribution is 2.20. The van der Waals surface area contributed by atoms with Crippen molar-refractivity contribution in [2.24, 2.45) is 0 Å². The quantitative estimate of drug-likeness (QED) is 0.507. The van der Waals surface area contributed by atoms with Crippen LogP contribution in [-0.2, 0) is 19.6 Å². The molecule has 1 amide bonds. The van der Waals surface area contributed by atoms with Gasteiger partial charge in [0.1, 0.15) is 0 Å². The predicted octanol–water partition coefficient (Wildman–Crippen LogP) is 1.00. The second kappa shape index (κ2) is 9.49. The van der Waals surface area contributed by atoms with Crippen LogP contribution in [0, 0.1) is 6.92 Å². The molecule has 1 heterocycles. The minimum absolute atomic E-state index is 0.0669. The zero-order valence-electron chi connectivity index (χ0n) is 16.9. The number of hydrogen-bond acceptors (Lipinski definition) is 6. The van der Waals surface area contributed by atoms with Crippen LogP contribution in [0.25, 0.3) is 0 Å². The third kappa shape index (κ3) is 5.30. The van der Waals surface area contributed by atoms with Gasteiger partial charge in [0.05, 0.1) is 23.6 Å². The van der Waals surface area contributed by atoms with Crippen LogP contribution in [0.15, 0.2) is 23.1 Å². The standard InChI is InChI=1S/C19H29N3O5S/c1-14-8-9-15(19(24)27-4)13-17(14)28(25,26)20-10-6-12-22-11-5-7-16(22)18(23)21(2)3/h8-9,13,16,20H,5-7,10-12H2,1-4H3/t16-/m1/s1. The lowest BCUT2D eigenvalue weighted by Gasteiger charge is -2.26. The fourth-order valence-electron chi connectivity index (χ4n) is 3.37. The predicted molar refractivity (Wildman–Crippen MR) is 106 cm³/mol. The topological polar surface area (TPSA) is 96.0 Å². The first-order valence-corrected chi connectivity index (χ1v) is 10.8. The monoisotopic (exact) mass is 411 g/mol. The lowest BCUT2D eigenvalue weighted by Crippen LogP contribution is -2.43. The number of esters is 1. The lowest BCUT2D eigenvalue weighted by atomic mass is 10.1. The summed E-state index contributed by atoms with van der Waals surface area (Å²) in [4.78, 5) is 27.7. The average Bonchev–Trinajstić information content (AvgIpc) is 3.12. The van der Waals surface area contributed by atoms with Gasteiger partial charge in [-0.15, -0.1) is 0 Å². The van der Waals surface area contributed by atoms with E-state index in [1.807, 2.05) is 0 Å². The number of sulfonamides is 1. The number of ether oxygens (including phenoxy) is 1. The van der Waals surface area contributed by atoms with E-state index in [-0.39, 0.29) is 29.0 Å². The molecule has 1 aliphatic heterocycles. The van der Waals surface area contributed by atoms with Crippen LogP contribution in [0.2, 0.25) is 0 Å². The number of rotatable bonds is 8. The molecule has 0 saturated carbocycles. The number of nitrogens with zero attached hydrogens (tertiary/aromatic N) is 2. The van der Waals surface area contributed by atoms with Gasteiger partial charge >= 0.3 is 5.97 Å². The largest absolute Gasteiger partial charge is 0.465 e. The van der Waals surface area contributed by atoms with Crippen molar-refractivity contribution in [1.29, 1.82) is 0 Å². The first-order valence-electron chi connectivity index (χ1n) is 9.31. The summed E-state index contributed by atoms with van der Waals surface area (Å²) in [5.74, 6) is -0.490. The van der Waals surface area contributed by atoms with Crippen LogP contribution in [0.1, 0.15) is 35.2 Å². The first kappa shape index (κ1) is 22.3. The molecule has 1 fully saturated rings. The summed E-state index contributed by atoms with van der Waals surface area (Å²) in [6.07, 6.45) is 2.39. The molecule has 0 aliphatic carbocycles. The van der Waals surface area contributed by atoms with Crippen molar-refractivity contribution in [2.45, 2.75) is 37.1 Å². The Morgan fingerprint density at radius 2 is 2.04 bits per heavy atom. The fourth-order valence-corrected chi connectivity index (χ4v) is 4.71. The molecular formula is C19H29N3O5S. The van der Waals surface area contributed by atoms with Gasteiger partial charge in [-0.05, 0) is 50.4 Å². The number of carbonyl (C=O) groups excluding carboxylic acids is 2. The van der Waals surface area contributed by atoms with E-state index in [1.54, 1.807) is 32.0 Å². The molecule has 2 rings (SSSR count). The van der Waals surface area contributed by atoms with Gasteiger partial charge in [-0.1, -0.05) is 6.07 Å². The van der Waals surface area contributed by atoms with Crippen LogP contribution in [-0.4, -0.2) is 77.0 Å². The summed E-state index contributed by atoms with van der Waals surface area (Å²) in [5, 5.41) is 0. The summed E-state index contributed by atoms with van der Waals surface area (Å²) in [6, 6.07) is 4.33. The molecule has 0 bridgehead atoms. The summed E-state index contributed by atoms with van der Waals surface area (Å²) in [6.45, 7) is 3.42. The third-order valence-electron chi connectivity index (χ3n) is 4.90. The lowest BCUT2D eigenvalue weighted by molar-refractivity contribution is -0.133. The van der Waals surface area contributed by atoms with Crippen LogP contribution in [0.5, 0.6) is 0 Å². The Morgan fingerprint density at radius 1 is 1.32 bits per heavy atom. The molecule has 1 atom stereocenters. The van der Waals surface area contributed by atoms with E-state index in [4.69, 9.17) is 0 Å². The molecule has 1 aromatic carbocycles. The van der Waals surface area contributed by atoms with E-state index >= 15 is 0 Å². The highest BCUT2D eigenvalue weighted by Gasteiger charge is 2.31. The van der Waals surface area contributed by atoms with Crippen molar-refractivity contribution < 1.29 is 22.7 Å². The summed E-state index contributed by atoms with van der Waals surface area (Å²) < 4.78 is 32.5. The number of amides is 1. The number of nitrogens with one attached hydrogen (secondary N) is 1. The number of hydrogen-bond donors (Lipinski definition) is 1. The molecular weight excluding hydrogens is 382 g/mol. The molecule has 1 aliphatic rings. The van der Waals surface area contributed by atoms with Crippen molar-refractivity contribution in [2.75, 3.05) is 40.8 Å². The smallest absolute Gasteiger partial charge is 0.337 e. The minimum atomic E-state index is -3.75. The Bertz CT molecular complexity index is 823. The molecule has 28 heavy (non-hydrogen) atoms. The van der Waals surface area contributed by atoms with Crippen LogP contribution in [0.4, 0.5) is 0 Å². The maximum Gasteiger partial charge on any atom is 0.337 e. The molecule has 0 spiro atoms. The molecule has 0 radical (unpaired) electrons. The minimum Gasteiger partial charge on any atom is -0.465 e. The van der Waals surface area contributed by atoms with Gasteiger partial charge in [-0.3, -0.25) is 9.69 Å². The molecule has 1 N–H and O–H groups in total. The highest BCUT2D eigenvalue weighted by molar-refractivity contribution is 7.89. The maximum atomic E-state index is 12.6. The molecule has 1 aromatic rings. The number of likely N-dealkylation sites (tertiary alicyclic amines) is 1. The molecule has 9 heteroatoms. The van der Waals surface area contributed by atoms with E-state index in [2.05, 4.69) is 14.4 Å². The average molecular weight is 412 g/mol. The SMILES string of the molecule is COC(=O)c1ccc(C)c(S(=O)(=O)NCCCN2CCC[C@@H]2C(=O)N(C)C)c1. The maximum absolute atomic E-state index is 12.6. The number of carbonyl (C=O) groups is 2. The van der Waals surface area contributed by atoms with E-state index < -0.39 is 16.0 Å². The van der Waals surface area contributed by atoms with Crippen molar-refractivity contribution in [3.63, 3.8) is 0 Å². The van der Waals surface area contributed by atoms with Gasteiger partial charge in [-0.2, -0.15) is 0 Å². The molecule has 0 unspecified atom stereocenters. The van der Waals surface area contributed by atoms with Crippen LogP contribution < -0.4 is 4.72 Å². The zero-order valence-corrected chi connectivity index (χ0v) is 17.7. The Balaban J connectivity index is 1.95. The zero-order chi connectivity index (χ0) is 20.9. The second-order valence-electron chi connectivity index (χ2n) is 7.15. The van der Waals surface area contributed by atoms with Crippen molar-refractivity contribution >= 4 is 21.9 Å². The summed E-state index contributed by atoms with van der Waals surface area (Å²) in [7, 11) is 1.00. The van der Waals surface area contributed by atoms with E-state index in [1.165, 1.54) is 19.2 Å². The molecule has 156 valence electrons. The van der Waals surface area contributed by atoms with Crippen LogP contribution in [0.3, 0.4) is 0 Å². The summed E-state index contributed by atoms with van der Waals surface area (Å²) >= 11 is 0. The Morgan fingerprint density at radius 3 is 2.68 bits per heavy atom. The van der Waals surface area contributed by atoms with E-state index in [0.29, 0.717) is 18.5 Å². The number of likely N-dealkylation sites (N-methyl/N-ethyl adjacent to an activating group) is 1. The van der Waals surface area contributed by atoms with Crippen molar-refractivity contribution in [3.8, 4) is 0 Å². The fraction of sp³-hybridized carbons (Fsp3) is 0.579. The van der Waals surface area contributed by atoms with Crippen molar-refractivity contribution in [3.05, 3.63) is 29.3 Å². The Labute approximate surface area is 166 Å². The van der Waals surface area contributed by atoms with E-state index in [9.17, 15) is 18.0 Å².